The highest BCUT2D eigenvalue weighted by atomic mass is 33.1. The molecule has 0 aliphatic carbocycles. The van der Waals surface area contributed by atoms with E-state index in [1.54, 1.807) is 70.0 Å². The summed E-state index contributed by atoms with van der Waals surface area (Å²) >= 11 is 1.33. The van der Waals surface area contributed by atoms with E-state index in [1.165, 1.54) is 11.3 Å². The topological polar surface area (TPSA) is 174 Å². The van der Waals surface area contributed by atoms with Crippen LogP contribution in [-0.4, -0.2) is 182 Å². The summed E-state index contributed by atoms with van der Waals surface area (Å²) in [5, 5.41) is 8.65. The second kappa shape index (κ2) is 30.4. The Morgan fingerprint density at radius 3 is 2.03 bits per heavy atom. The van der Waals surface area contributed by atoms with E-state index in [9.17, 15) is 28.8 Å². The number of rotatable bonds is 30. The van der Waals surface area contributed by atoms with Crippen LogP contribution in [0.4, 0.5) is 0 Å². The second-order valence-corrected chi connectivity index (χ2v) is 23.4. The minimum atomic E-state index is -0.784. The van der Waals surface area contributed by atoms with Gasteiger partial charge in [0.05, 0.1) is 48.7 Å². The Morgan fingerprint density at radius 1 is 0.845 bits per heavy atom. The zero-order chi connectivity index (χ0) is 53.1. The Balaban J connectivity index is 1.77. The van der Waals surface area contributed by atoms with Crippen molar-refractivity contribution < 1.29 is 38.2 Å². The van der Waals surface area contributed by atoms with E-state index in [-0.39, 0.29) is 59.6 Å². The molecule has 19 heteroatoms. The quantitative estimate of drug-likeness (QED) is 0.0643. The Hall–Kier alpha value is -3.75. The summed E-state index contributed by atoms with van der Waals surface area (Å²) in [4.78, 5) is 95.8. The van der Waals surface area contributed by atoms with Gasteiger partial charge in [-0.05, 0) is 56.7 Å². The first-order valence-corrected chi connectivity index (χ1v) is 28.6. The molecule has 1 fully saturated rings. The smallest absolute Gasteiger partial charge is 0.273 e. The van der Waals surface area contributed by atoms with Crippen LogP contribution in [-0.2, 0) is 39.9 Å². The zero-order valence-electron chi connectivity index (χ0n) is 45.3. The van der Waals surface area contributed by atoms with E-state index in [0.29, 0.717) is 55.4 Å². The molecule has 0 spiro atoms. The number of likely N-dealkylation sites (N-methyl/N-ethyl adjacent to an activating group) is 2. The standard InChI is InChI=1S/C52H86N8O8S3/c1-16-35(7)46(59(13)52(66)44(33(3)4)55-49(64)45(34(5)6)56(9)10)41(67-14)31-43(62)60-25-21-24-40(60)47(68-15)36(8)48(63)53-38(30-37-22-19-18-20-23-37)50-54-39(32-69-50)51(65)58(12)27-29-71-70-28-26-57(11)42(61)17-2/h18-20,22-23,32-36,38,40-41,44-47H,16-17,21,24-31H2,1-15H3,(H,53,63)(H,55,64)/t35-,36+,38-,40-,41+,44-,45-,46-,47+/m0/s1. The van der Waals surface area contributed by atoms with Crippen molar-refractivity contribution in [3.05, 3.63) is 52.0 Å². The number of thiazole rings is 1. The number of benzene rings is 1. The van der Waals surface area contributed by atoms with Gasteiger partial charge in [0.1, 0.15) is 16.7 Å². The average molecular weight is 1050 g/mol. The predicted octanol–water partition coefficient (Wildman–Crippen LogP) is 6.51. The lowest BCUT2D eigenvalue weighted by Crippen LogP contribution is -2.59. The van der Waals surface area contributed by atoms with Gasteiger partial charge in [0.25, 0.3) is 5.91 Å². The maximum absolute atomic E-state index is 14.5. The number of hydrogen-bond donors (Lipinski definition) is 2. The van der Waals surface area contributed by atoms with Gasteiger partial charge in [-0.3, -0.25) is 33.7 Å². The molecule has 1 aliphatic rings. The van der Waals surface area contributed by atoms with E-state index < -0.39 is 48.3 Å². The summed E-state index contributed by atoms with van der Waals surface area (Å²) in [6, 6.07) is 7.20. The van der Waals surface area contributed by atoms with Crippen LogP contribution in [0, 0.1) is 23.7 Å². The number of methoxy groups -OCH3 is 2. The second-order valence-electron chi connectivity index (χ2n) is 19.8. The summed E-state index contributed by atoms with van der Waals surface area (Å²) in [6.45, 7) is 17.2. The highest BCUT2D eigenvalue weighted by molar-refractivity contribution is 8.76. The number of carbonyl (C=O) groups is 6. The maximum atomic E-state index is 14.5. The van der Waals surface area contributed by atoms with Crippen molar-refractivity contribution in [3.8, 4) is 0 Å². The lowest BCUT2D eigenvalue weighted by atomic mass is 9.89. The number of likely N-dealkylation sites (tertiary alicyclic amines) is 1. The van der Waals surface area contributed by atoms with Crippen molar-refractivity contribution in [2.75, 3.05) is 80.6 Å². The fourth-order valence-electron chi connectivity index (χ4n) is 9.47. The van der Waals surface area contributed by atoms with E-state index in [2.05, 4.69) is 10.6 Å². The van der Waals surface area contributed by atoms with Crippen LogP contribution in [0.25, 0.3) is 0 Å². The summed E-state index contributed by atoms with van der Waals surface area (Å²) in [7, 11) is 15.5. The number of aromatic nitrogens is 1. The van der Waals surface area contributed by atoms with Gasteiger partial charge in [-0.25, -0.2) is 4.98 Å². The van der Waals surface area contributed by atoms with Crippen LogP contribution in [0.5, 0.6) is 0 Å². The molecular formula is C52H86N8O8S3. The van der Waals surface area contributed by atoms with Crippen molar-refractivity contribution in [1.82, 2.24) is 40.1 Å². The van der Waals surface area contributed by atoms with E-state index in [1.807, 2.05) is 117 Å². The van der Waals surface area contributed by atoms with Crippen molar-refractivity contribution >= 4 is 68.4 Å². The SMILES string of the molecule is CCC(=O)N(C)CCSSCCN(C)C(=O)c1csc([C@H](Cc2ccccc2)NC(=O)[C@H](C)[C@@H](OC)[C@@H]2CCCN2C(=O)C[C@@H](OC)[C@H]([C@@H](C)CC)N(C)C(=O)[C@@H](NC(=O)[C@H](C(C)C)N(C)C)C(C)C)n1. The van der Waals surface area contributed by atoms with Crippen LogP contribution in [0.3, 0.4) is 0 Å². The molecule has 2 heterocycles. The van der Waals surface area contributed by atoms with Crippen LogP contribution in [0.15, 0.2) is 35.7 Å². The highest BCUT2D eigenvalue weighted by Gasteiger charge is 2.43. The zero-order valence-corrected chi connectivity index (χ0v) is 47.7. The molecule has 0 bridgehead atoms. The Morgan fingerprint density at radius 2 is 1.48 bits per heavy atom. The molecule has 2 aromatic rings. The number of amides is 6. The van der Waals surface area contributed by atoms with Crippen molar-refractivity contribution in [2.45, 2.75) is 136 Å². The molecule has 2 N–H and O–H groups in total. The molecule has 71 heavy (non-hydrogen) atoms. The lowest BCUT2D eigenvalue weighted by molar-refractivity contribution is -0.148. The molecule has 16 nitrogen and oxygen atoms in total. The minimum Gasteiger partial charge on any atom is -0.379 e. The molecular weight excluding hydrogens is 961 g/mol. The molecule has 1 saturated heterocycles. The van der Waals surface area contributed by atoms with Crippen LogP contribution >= 0.6 is 32.9 Å². The van der Waals surface area contributed by atoms with Gasteiger partial charge in [0.15, 0.2) is 0 Å². The molecule has 0 saturated carbocycles. The minimum absolute atomic E-state index is 0.00273. The van der Waals surface area contributed by atoms with Gasteiger partial charge in [-0.15, -0.1) is 11.3 Å². The summed E-state index contributed by atoms with van der Waals surface area (Å²) < 4.78 is 12.2. The molecule has 0 unspecified atom stereocenters. The third-order valence-electron chi connectivity index (χ3n) is 13.8. The van der Waals surface area contributed by atoms with Crippen LogP contribution in [0.1, 0.15) is 115 Å². The van der Waals surface area contributed by atoms with Gasteiger partial charge in [0.2, 0.25) is 29.5 Å². The molecule has 9 atom stereocenters. The lowest BCUT2D eigenvalue weighted by Gasteiger charge is -2.41. The number of hydrogen-bond acceptors (Lipinski definition) is 13. The summed E-state index contributed by atoms with van der Waals surface area (Å²) in [5.74, 6) is -0.330. The maximum Gasteiger partial charge on any atom is 0.273 e. The number of nitrogens with zero attached hydrogens (tertiary/aromatic N) is 6. The molecule has 1 aliphatic heterocycles. The normalized spacial score (nSPS) is 17.3. The molecule has 400 valence electrons. The van der Waals surface area contributed by atoms with Crippen LogP contribution < -0.4 is 10.6 Å². The predicted molar refractivity (Wildman–Crippen MR) is 288 cm³/mol. The third kappa shape index (κ3) is 17.7. The third-order valence-corrected chi connectivity index (χ3v) is 17.1. The van der Waals surface area contributed by atoms with Gasteiger partial charge in [-0.1, -0.05) is 114 Å². The summed E-state index contributed by atoms with van der Waals surface area (Å²) in [5.41, 5.74) is 1.30. The van der Waals surface area contributed by atoms with E-state index in [0.717, 1.165) is 24.2 Å². The monoisotopic (exact) mass is 1050 g/mol. The van der Waals surface area contributed by atoms with Gasteiger partial charge in [0, 0.05) is 78.3 Å². The van der Waals surface area contributed by atoms with Gasteiger partial charge in [-0.2, -0.15) is 0 Å². The Kier molecular flexibility index (Phi) is 26.4. The van der Waals surface area contributed by atoms with Gasteiger partial charge < -0.3 is 39.7 Å². The fraction of sp³-hybridized carbons (Fsp3) is 0.712. The molecule has 1 aromatic carbocycles. The van der Waals surface area contributed by atoms with E-state index >= 15 is 0 Å². The van der Waals surface area contributed by atoms with Gasteiger partial charge >= 0.3 is 0 Å². The number of nitrogens with one attached hydrogen (secondary N) is 2. The molecule has 1 aromatic heterocycles. The largest absolute Gasteiger partial charge is 0.379 e. The van der Waals surface area contributed by atoms with Crippen molar-refractivity contribution in [3.63, 3.8) is 0 Å². The number of ether oxygens (including phenoxy) is 2. The molecule has 3 rings (SSSR count). The van der Waals surface area contributed by atoms with Crippen LogP contribution in [0.2, 0.25) is 0 Å². The van der Waals surface area contributed by atoms with Crippen molar-refractivity contribution in [2.24, 2.45) is 23.7 Å². The number of carbonyl (C=O) groups excluding carboxylic acids is 6. The Bertz CT molecular complexity index is 1980. The Labute approximate surface area is 437 Å². The average Bonchev–Trinajstić information content (AvgIpc) is 4.04. The molecule has 0 radical (unpaired) electrons. The highest BCUT2D eigenvalue weighted by Crippen LogP contribution is 2.31. The first-order valence-electron chi connectivity index (χ1n) is 25.3. The molecule has 6 amide bonds. The van der Waals surface area contributed by atoms with E-state index in [4.69, 9.17) is 14.5 Å². The summed E-state index contributed by atoms with van der Waals surface area (Å²) in [6.07, 6.45) is 1.73. The first-order chi connectivity index (χ1) is 33.6. The van der Waals surface area contributed by atoms with Crippen molar-refractivity contribution in [1.29, 1.82) is 0 Å². The fourth-order valence-corrected chi connectivity index (χ4v) is 12.4. The first kappa shape index (κ1) is 61.5.